The predicted molar refractivity (Wildman–Crippen MR) is 83.0 cm³/mol. The smallest absolute Gasteiger partial charge is 0.148 e. The molecular formula is C14H24N4S. The maximum atomic E-state index is 4.80. The Labute approximate surface area is 120 Å². The van der Waals surface area contributed by atoms with Crippen LogP contribution >= 0.6 is 11.8 Å². The van der Waals surface area contributed by atoms with Crippen LogP contribution in [0.4, 0.5) is 5.82 Å². The average molecular weight is 280 g/mol. The van der Waals surface area contributed by atoms with Gasteiger partial charge in [-0.3, -0.25) is 4.90 Å². The third-order valence-corrected chi connectivity index (χ3v) is 4.66. The highest BCUT2D eigenvalue weighted by atomic mass is 32.2. The molecule has 1 atom stereocenters. The van der Waals surface area contributed by atoms with E-state index in [0.29, 0.717) is 6.04 Å². The minimum atomic E-state index is 0.349. The number of thioether (sulfide) groups is 1. The molecule has 2 rings (SSSR count). The first-order chi connectivity index (χ1) is 9.17. The van der Waals surface area contributed by atoms with Crippen molar-refractivity contribution in [2.45, 2.75) is 33.2 Å². The van der Waals surface area contributed by atoms with Gasteiger partial charge in [0.2, 0.25) is 0 Å². The largest absolute Gasteiger partial charge is 0.370 e. The summed E-state index contributed by atoms with van der Waals surface area (Å²) >= 11 is 2.00. The molecular weight excluding hydrogens is 256 g/mol. The molecule has 19 heavy (non-hydrogen) atoms. The Kier molecular flexibility index (Phi) is 5.05. The highest BCUT2D eigenvalue weighted by Crippen LogP contribution is 2.28. The molecule has 0 spiro atoms. The highest BCUT2D eigenvalue weighted by molar-refractivity contribution is 7.99. The van der Waals surface area contributed by atoms with Crippen LogP contribution in [0.1, 0.15) is 37.0 Å². The Hall–Kier alpha value is -0.810. The molecule has 1 aliphatic heterocycles. The van der Waals surface area contributed by atoms with Gasteiger partial charge in [0.15, 0.2) is 0 Å². The van der Waals surface area contributed by atoms with E-state index in [1.165, 1.54) is 17.0 Å². The quantitative estimate of drug-likeness (QED) is 0.917. The standard InChI is InChI=1S/C14H24N4S/c1-5-11-10(3)13(15-6-2)17-14(16-11)12-9-19-8-7-18(12)4/h12H,5-9H2,1-4H3,(H,15,16,17). The summed E-state index contributed by atoms with van der Waals surface area (Å²) in [4.78, 5) is 11.9. The molecule has 0 amide bonds. The molecule has 0 bridgehead atoms. The fraction of sp³-hybridized carbons (Fsp3) is 0.714. The van der Waals surface area contributed by atoms with E-state index < -0.39 is 0 Å². The number of hydrogen-bond donors (Lipinski definition) is 1. The third kappa shape index (κ3) is 3.20. The van der Waals surface area contributed by atoms with Crippen LogP contribution < -0.4 is 5.32 Å². The summed E-state index contributed by atoms with van der Waals surface area (Å²) in [5, 5.41) is 3.37. The zero-order chi connectivity index (χ0) is 13.8. The first kappa shape index (κ1) is 14.6. The maximum Gasteiger partial charge on any atom is 0.148 e. The lowest BCUT2D eigenvalue weighted by Gasteiger charge is -2.31. The molecule has 1 unspecified atom stereocenters. The number of aromatic nitrogens is 2. The fourth-order valence-electron chi connectivity index (χ4n) is 2.37. The fourth-order valence-corrected chi connectivity index (χ4v) is 3.58. The molecule has 1 aliphatic rings. The number of rotatable bonds is 4. The summed E-state index contributed by atoms with van der Waals surface area (Å²) in [7, 11) is 2.17. The summed E-state index contributed by atoms with van der Waals surface area (Å²) in [6, 6.07) is 0.349. The van der Waals surface area contributed by atoms with E-state index in [1.807, 2.05) is 11.8 Å². The van der Waals surface area contributed by atoms with E-state index in [2.05, 4.69) is 38.0 Å². The van der Waals surface area contributed by atoms with Crippen LogP contribution in [-0.2, 0) is 6.42 Å². The summed E-state index contributed by atoms with van der Waals surface area (Å²) < 4.78 is 0. The van der Waals surface area contributed by atoms with Gasteiger partial charge in [-0.25, -0.2) is 9.97 Å². The molecule has 0 saturated carbocycles. The molecule has 1 aromatic rings. The number of aryl methyl sites for hydroxylation is 1. The second kappa shape index (κ2) is 6.57. The van der Waals surface area contributed by atoms with E-state index >= 15 is 0 Å². The molecule has 5 heteroatoms. The summed E-state index contributed by atoms with van der Waals surface area (Å²) in [5.74, 6) is 4.29. The summed E-state index contributed by atoms with van der Waals surface area (Å²) in [6.45, 7) is 8.39. The van der Waals surface area contributed by atoms with Gasteiger partial charge >= 0.3 is 0 Å². The second-order valence-corrected chi connectivity index (χ2v) is 6.11. The van der Waals surface area contributed by atoms with Crippen LogP contribution in [0.3, 0.4) is 0 Å². The number of hydrogen-bond acceptors (Lipinski definition) is 5. The molecule has 2 heterocycles. The molecule has 1 saturated heterocycles. The zero-order valence-electron chi connectivity index (χ0n) is 12.4. The van der Waals surface area contributed by atoms with Gasteiger partial charge in [0.25, 0.3) is 0 Å². The molecule has 0 radical (unpaired) electrons. The molecule has 1 aromatic heterocycles. The molecule has 1 fully saturated rings. The number of nitrogens with zero attached hydrogens (tertiary/aromatic N) is 3. The van der Waals surface area contributed by atoms with Crippen LogP contribution in [0.15, 0.2) is 0 Å². The minimum Gasteiger partial charge on any atom is -0.370 e. The molecule has 0 aliphatic carbocycles. The molecule has 4 nitrogen and oxygen atoms in total. The Bertz CT molecular complexity index is 436. The highest BCUT2D eigenvalue weighted by Gasteiger charge is 2.25. The Morgan fingerprint density at radius 2 is 2.16 bits per heavy atom. The van der Waals surface area contributed by atoms with Gasteiger partial charge in [0, 0.05) is 35.9 Å². The topological polar surface area (TPSA) is 41.1 Å². The Morgan fingerprint density at radius 1 is 1.37 bits per heavy atom. The average Bonchev–Trinajstić information content (AvgIpc) is 2.42. The van der Waals surface area contributed by atoms with E-state index in [4.69, 9.17) is 9.97 Å². The van der Waals surface area contributed by atoms with Crippen molar-refractivity contribution >= 4 is 17.6 Å². The van der Waals surface area contributed by atoms with Crippen molar-refractivity contribution in [1.82, 2.24) is 14.9 Å². The van der Waals surface area contributed by atoms with Gasteiger partial charge in [-0.2, -0.15) is 11.8 Å². The third-order valence-electron chi connectivity index (χ3n) is 3.64. The zero-order valence-corrected chi connectivity index (χ0v) is 13.2. The number of nitrogens with one attached hydrogen (secondary N) is 1. The van der Waals surface area contributed by atoms with Crippen molar-refractivity contribution in [1.29, 1.82) is 0 Å². The van der Waals surface area contributed by atoms with Gasteiger partial charge < -0.3 is 5.32 Å². The van der Waals surface area contributed by atoms with Crippen LogP contribution in [-0.4, -0.2) is 46.5 Å². The van der Waals surface area contributed by atoms with E-state index in [-0.39, 0.29) is 0 Å². The van der Waals surface area contributed by atoms with Gasteiger partial charge in [-0.05, 0) is 27.3 Å². The van der Waals surface area contributed by atoms with E-state index in [0.717, 1.165) is 36.9 Å². The minimum absolute atomic E-state index is 0.349. The number of anilines is 1. The normalized spacial score (nSPS) is 20.5. The Balaban J connectivity index is 2.36. The molecule has 106 valence electrons. The van der Waals surface area contributed by atoms with Gasteiger partial charge in [-0.15, -0.1) is 0 Å². The lowest BCUT2D eigenvalue weighted by Crippen LogP contribution is -2.34. The maximum absolute atomic E-state index is 4.80. The van der Waals surface area contributed by atoms with Crippen LogP contribution in [0, 0.1) is 6.92 Å². The van der Waals surface area contributed by atoms with E-state index in [9.17, 15) is 0 Å². The van der Waals surface area contributed by atoms with Crippen molar-refractivity contribution in [3.63, 3.8) is 0 Å². The first-order valence-electron chi connectivity index (χ1n) is 7.06. The summed E-state index contributed by atoms with van der Waals surface area (Å²) in [6.07, 6.45) is 0.962. The van der Waals surface area contributed by atoms with Crippen LogP contribution in [0.5, 0.6) is 0 Å². The Morgan fingerprint density at radius 3 is 2.79 bits per heavy atom. The van der Waals surface area contributed by atoms with Crippen molar-refractivity contribution in [2.24, 2.45) is 0 Å². The van der Waals surface area contributed by atoms with Crippen molar-refractivity contribution in [3.8, 4) is 0 Å². The monoisotopic (exact) mass is 280 g/mol. The SMILES string of the molecule is CCNc1nc(C2CSCCN2C)nc(CC)c1C. The van der Waals surface area contributed by atoms with Gasteiger partial charge in [0.1, 0.15) is 11.6 Å². The van der Waals surface area contributed by atoms with Crippen LogP contribution in [0.25, 0.3) is 0 Å². The van der Waals surface area contributed by atoms with Gasteiger partial charge in [-0.1, -0.05) is 6.92 Å². The lowest BCUT2D eigenvalue weighted by atomic mass is 10.1. The molecule has 0 aromatic carbocycles. The lowest BCUT2D eigenvalue weighted by molar-refractivity contribution is 0.264. The van der Waals surface area contributed by atoms with E-state index in [1.54, 1.807) is 0 Å². The predicted octanol–water partition coefficient (Wildman–Crippen LogP) is 2.50. The van der Waals surface area contributed by atoms with Crippen molar-refractivity contribution < 1.29 is 0 Å². The van der Waals surface area contributed by atoms with Crippen molar-refractivity contribution in [2.75, 3.05) is 37.0 Å². The second-order valence-electron chi connectivity index (χ2n) is 4.96. The van der Waals surface area contributed by atoms with Crippen LogP contribution in [0.2, 0.25) is 0 Å². The van der Waals surface area contributed by atoms with Gasteiger partial charge in [0.05, 0.1) is 6.04 Å². The first-order valence-corrected chi connectivity index (χ1v) is 8.22. The molecule has 1 N–H and O–H groups in total. The van der Waals surface area contributed by atoms with Crippen molar-refractivity contribution in [3.05, 3.63) is 17.1 Å². The summed E-state index contributed by atoms with van der Waals surface area (Å²) in [5.41, 5.74) is 2.36.